The Morgan fingerprint density at radius 1 is 1.42 bits per heavy atom. The van der Waals surface area contributed by atoms with Gasteiger partial charge < -0.3 is 20.3 Å². The Morgan fingerprint density at radius 3 is 2.88 bits per heavy atom. The number of aromatic carboxylic acids is 1. The number of fused-ring (bicyclic) bond motifs is 3. The fourth-order valence-corrected chi connectivity index (χ4v) is 4.38. The lowest BCUT2D eigenvalue weighted by atomic mass is 10.0. The Hall–Kier alpha value is -2.41. The molecule has 1 saturated carbocycles. The van der Waals surface area contributed by atoms with Crippen LogP contribution in [0.25, 0.3) is 10.9 Å². The number of benzene rings is 1. The second-order valence-corrected chi connectivity index (χ2v) is 7.01. The number of nitrogens with zero attached hydrogens (tertiary/aromatic N) is 2. The van der Waals surface area contributed by atoms with Crippen LogP contribution in [0.3, 0.4) is 0 Å². The first kappa shape index (κ1) is 14.0. The Morgan fingerprint density at radius 2 is 2.21 bits per heavy atom. The summed E-state index contributed by atoms with van der Waals surface area (Å²) in [7, 11) is 0. The van der Waals surface area contributed by atoms with E-state index in [1.54, 1.807) is 0 Å². The summed E-state index contributed by atoms with van der Waals surface area (Å²) in [5.74, 6) is -1.56. The van der Waals surface area contributed by atoms with Crippen LogP contribution in [0.15, 0.2) is 17.1 Å². The molecule has 3 unspecified atom stereocenters. The summed E-state index contributed by atoms with van der Waals surface area (Å²) in [6.45, 7) is 1.30. The van der Waals surface area contributed by atoms with Gasteiger partial charge in [-0.25, -0.2) is 9.18 Å². The summed E-state index contributed by atoms with van der Waals surface area (Å²) in [6, 6.07) is 1.37. The summed E-state index contributed by atoms with van der Waals surface area (Å²) < 4.78 is 16.8. The van der Waals surface area contributed by atoms with Gasteiger partial charge in [0, 0.05) is 48.2 Å². The number of hydrogen-bond donors (Lipinski definition) is 2. The molecule has 0 bridgehead atoms. The summed E-state index contributed by atoms with van der Waals surface area (Å²) >= 11 is 0. The van der Waals surface area contributed by atoms with E-state index >= 15 is 0 Å². The van der Waals surface area contributed by atoms with Crippen molar-refractivity contribution in [2.24, 2.45) is 5.73 Å². The molecule has 0 radical (unpaired) electrons. The molecule has 2 fully saturated rings. The maximum absolute atomic E-state index is 14.9. The van der Waals surface area contributed by atoms with Crippen molar-refractivity contribution in [2.45, 2.75) is 30.8 Å². The van der Waals surface area contributed by atoms with Crippen molar-refractivity contribution < 1.29 is 14.3 Å². The molecule has 1 aromatic carbocycles. The molecule has 6 nitrogen and oxygen atoms in total. The fourth-order valence-electron chi connectivity index (χ4n) is 4.38. The number of nitrogens with two attached hydrogens (primary N) is 1. The van der Waals surface area contributed by atoms with E-state index in [1.807, 2.05) is 9.47 Å². The average Bonchev–Trinajstić information content (AvgIpc) is 3.10. The summed E-state index contributed by atoms with van der Waals surface area (Å²) in [6.07, 6.45) is 3.10. The van der Waals surface area contributed by atoms with Crippen molar-refractivity contribution in [2.75, 3.05) is 18.0 Å². The molecule has 3 heterocycles. The Kier molecular flexibility index (Phi) is 2.54. The van der Waals surface area contributed by atoms with E-state index in [4.69, 9.17) is 5.73 Å². The SMILES string of the molecule is NC1CCN(c2c(F)cc3c(=O)c(C(=O)O)cn4c3c2C2CC24)C1. The smallest absolute Gasteiger partial charge is 0.341 e. The van der Waals surface area contributed by atoms with E-state index in [-0.39, 0.29) is 29.0 Å². The van der Waals surface area contributed by atoms with Crippen LogP contribution >= 0.6 is 0 Å². The number of hydrogen-bond acceptors (Lipinski definition) is 4. The van der Waals surface area contributed by atoms with Crippen LogP contribution < -0.4 is 16.1 Å². The van der Waals surface area contributed by atoms with Gasteiger partial charge in [0.2, 0.25) is 5.43 Å². The van der Waals surface area contributed by atoms with E-state index in [2.05, 4.69) is 0 Å². The quantitative estimate of drug-likeness (QED) is 0.870. The summed E-state index contributed by atoms with van der Waals surface area (Å²) in [4.78, 5) is 25.8. The highest BCUT2D eigenvalue weighted by Crippen LogP contribution is 2.61. The minimum absolute atomic E-state index is 0.0280. The lowest BCUT2D eigenvalue weighted by molar-refractivity contribution is 0.0695. The molecule has 2 aliphatic heterocycles. The molecule has 7 heteroatoms. The predicted molar refractivity (Wildman–Crippen MR) is 86.3 cm³/mol. The van der Waals surface area contributed by atoms with Gasteiger partial charge in [-0.15, -0.1) is 0 Å². The molecule has 0 amide bonds. The summed E-state index contributed by atoms with van der Waals surface area (Å²) in [5.41, 5.74) is 7.17. The van der Waals surface area contributed by atoms with E-state index in [9.17, 15) is 19.1 Å². The van der Waals surface area contributed by atoms with Crippen LogP contribution in [-0.2, 0) is 0 Å². The molecule has 24 heavy (non-hydrogen) atoms. The molecule has 1 aliphatic carbocycles. The Bertz CT molecular complexity index is 983. The Labute approximate surface area is 136 Å². The van der Waals surface area contributed by atoms with Crippen molar-refractivity contribution in [3.63, 3.8) is 0 Å². The molecule has 1 aromatic heterocycles. The van der Waals surface area contributed by atoms with Crippen LogP contribution in [-0.4, -0.2) is 34.8 Å². The van der Waals surface area contributed by atoms with Crippen LogP contribution in [0.5, 0.6) is 0 Å². The van der Waals surface area contributed by atoms with Crippen molar-refractivity contribution in [3.8, 4) is 0 Å². The molecule has 3 N–H and O–H groups in total. The number of halogens is 1. The van der Waals surface area contributed by atoms with E-state index in [0.29, 0.717) is 24.3 Å². The normalized spacial score (nSPS) is 26.9. The standard InChI is InChI=1S/C17H16FN3O3/c18-11-3-9-14-13(15(11)20-2-1-7(19)5-20)8-4-12(8)21(14)6-10(16(9)22)17(23)24/h3,6-8,12H,1-2,4-5,19H2,(H,23,24). The van der Waals surface area contributed by atoms with Crippen LogP contribution in [0.4, 0.5) is 10.1 Å². The highest BCUT2D eigenvalue weighted by atomic mass is 19.1. The number of anilines is 1. The molecular formula is C17H16FN3O3. The van der Waals surface area contributed by atoms with Gasteiger partial charge in [-0.3, -0.25) is 4.79 Å². The zero-order chi connectivity index (χ0) is 16.7. The van der Waals surface area contributed by atoms with E-state index < -0.39 is 17.2 Å². The summed E-state index contributed by atoms with van der Waals surface area (Å²) in [5, 5.41) is 9.43. The molecule has 3 aliphatic rings. The third-order valence-corrected chi connectivity index (χ3v) is 5.53. The minimum Gasteiger partial charge on any atom is -0.477 e. The second kappa shape index (κ2) is 4.36. The highest BCUT2D eigenvalue weighted by Gasteiger charge is 2.50. The lowest BCUT2D eigenvalue weighted by Gasteiger charge is -2.23. The van der Waals surface area contributed by atoms with Gasteiger partial charge in [0.15, 0.2) is 0 Å². The molecule has 0 spiro atoms. The third kappa shape index (κ3) is 1.62. The second-order valence-electron chi connectivity index (χ2n) is 7.01. The maximum Gasteiger partial charge on any atom is 0.341 e. The largest absolute Gasteiger partial charge is 0.477 e. The van der Waals surface area contributed by atoms with E-state index in [1.165, 1.54) is 12.3 Å². The van der Waals surface area contributed by atoms with E-state index in [0.717, 1.165) is 18.4 Å². The molecule has 5 rings (SSSR count). The van der Waals surface area contributed by atoms with Crippen LogP contribution in [0.2, 0.25) is 0 Å². The van der Waals surface area contributed by atoms with Crippen molar-refractivity contribution >= 4 is 22.6 Å². The first-order valence-electron chi connectivity index (χ1n) is 8.12. The third-order valence-electron chi connectivity index (χ3n) is 5.53. The Balaban J connectivity index is 1.84. The topological polar surface area (TPSA) is 88.6 Å². The zero-order valence-electron chi connectivity index (χ0n) is 12.8. The maximum atomic E-state index is 14.9. The van der Waals surface area contributed by atoms with Crippen molar-refractivity contribution in [1.29, 1.82) is 0 Å². The van der Waals surface area contributed by atoms with Crippen molar-refractivity contribution in [3.05, 3.63) is 39.4 Å². The number of pyridine rings is 1. The molecule has 2 aromatic rings. The molecular weight excluding hydrogens is 313 g/mol. The number of aromatic nitrogens is 1. The van der Waals surface area contributed by atoms with Crippen LogP contribution in [0, 0.1) is 5.82 Å². The van der Waals surface area contributed by atoms with Crippen LogP contribution in [0.1, 0.15) is 40.7 Å². The minimum atomic E-state index is -1.27. The number of rotatable bonds is 2. The first-order chi connectivity index (χ1) is 11.5. The van der Waals surface area contributed by atoms with Gasteiger partial charge >= 0.3 is 5.97 Å². The molecule has 1 saturated heterocycles. The fraction of sp³-hybridized carbons (Fsp3) is 0.412. The van der Waals surface area contributed by atoms with Gasteiger partial charge in [-0.1, -0.05) is 0 Å². The van der Waals surface area contributed by atoms with Gasteiger partial charge in [0.1, 0.15) is 11.4 Å². The monoisotopic (exact) mass is 329 g/mol. The van der Waals surface area contributed by atoms with Gasteiger partial charge in [-0.2, -0.15) is 0 Å². The average molecular weight is 329 g/mol. The predicted octanol–water partition coefficient (Wildman–Crippen LogP) is 1.42. The number of carboxylic acid groups (broad SMARTS) is 1. The zero-order valence-corrected chi connectivity index (χ0v) is 12.8. The number of carboxylic acids is 1. The van der Waals surface area contributed by atoms with Gasteiger partial charge in [-0.05, 0) is 18.9 Å². The number of carbonyl (C=O) groups is 1. The van der Waals surface area contributed by atoms with Gasteiger partial charge in [0.25, 0.3) is 0 Å². The molecule has 124 valence electrons. The lowest BCUT2D eigenvalue weighted by Crippen LogP contribution is -2.28. The molecule has 3 atom stereocenters. The highest BCUT2D eigenvalue weighted by molar-refractivity contribution is 5.97. The first-order valence-corrected chi connectivity index (χ1v) is 8.12. The van der Waals surface area contributed by atoms with Gasteiger partial charge in [0.05, 0.1) is 11.2 Å². The van der Waals surface area contributed by atoms with Crippen molar-refractivity contribution in [1.82, 2.24) is 4.57 Å².